The Kier molecular flexibility index (Phi) is 12.6. The highest BCUT2D eigenvalue weighted by Gasteiger charge is 2.33. The number of phenolic OH excluding ortho intramolecular Hbond substituents is 1. The predicted molar refractivity (Wildman–Crippen MR) is 152 cm³/mol. The zero-order chi connectivity index (χ0) is 29.8. The molecular weight excluding hydrogens is 512 g/mol. The Morgan fingerprint density at radius 1 is 0.775 bits per heavy atom. The Morgan fingerprint density at radius 3 is 1.90 bits per heavy atom. The molecule has 0 spiro atoms. The maximum atomic E-state index is 13.4. The normalized spacial score (nSPS) is 14.8. The van der Waals surface area contributed by atoms with E-state index in [1.54, 1.807) is 43.3 Å². The summed E-state index contributed by atoms with van der Waals surface area (Å²) in [6, 6.07) is 11.2. The standard InChI is InChI=1S/C30H42N4O6/c1-5-19(4)26(29(38)33-25(30(39)40)17-20-9-7-6-8-10-20)34-28(37)24(15-18(2)3)32-27(36)23(31)16-21-11-13-22(35)14-12-21/h6-14,18-19,23-26,35H,5,15-17,31H2,1-4H3,(H,32,36)(H,33,38)(H,34,37)(H,39,40). The number of carbonyl (C=O) groups excluding carboxylic acids is 3. The number of carbonyl (C=O) groups is 4. The minimum atomic E-state index is -1.18. The van der Waals surface area contributed by atoms with Crippen LogP contribution >= 0.6 is 0 Å². The van der Waals surface area contributed by atoms with Crippen LogP contribution in [0.5, 0.6) is 5.75 Å². The molecule has 0 aromatic heterocycles. The van der Waals surface area contributed by atoms with Gasteiger partial charge in [-0.15, -0.1) is 0 Å². The summed E-state index contributed by atoms with van der Waals surface area (Å²) in [6.07, 6.45) is 1.16. The third-order valence-corrected chi connectivity index (χ3v) is 6.76. The van der Waals surface area contributed by atoms with Crippen LogP contribution < -0.4 is 21.7 Å². The fraction of sp³-hybridized carbons (Fsp3) is 0.467. The Hall–Kier alpha value is -3.92. The molecule has 0 fully saturated rings. The van der Waals surface area contributed by atoms with E-state index in [4.69, 9.17) is 5.73 Å². The van der Waals surface area contributed by atoms with Crippen molar-refractivity contribution in [1.82, 2.24) is 16.0 Å². The number of phenols is 1. The Bertz CT molecular complexity index is 1120. The Morgan fingerprint density at radius 2 is 1.35 bits per heavy atom. The number of nitrogens with two attached hydrogens (primary N) is 1. The van der Waals surface area contributed by atoms with Gasteiger partial charge in [0.15, 0.2) is 0 Å². The fourth-order valence-corrected chi connectivity index (χ4v) is 4.23. The minimum absolute atomic E-state index is 0.0440. The van der Waals surface area contributed by atoms with Crippen LogP contribution in [0, 0.1) is 11.8 Å². The first-order valence-electron chi connectivity index (χ1n) is 13.6. The van der Waals surface area contributed by atoms with Crippen LogP contribution in [0.4, 0.5) is 0 Å². The lowest BCUT2D eigenvalue weighted by atomic mass is 9.96. The van der Waals surface area contributed by atoms with Crippen molar-refractivity contribution in [1.29, 1.82) is 0 Å². The summed E-state index contributed by atoms with van der Waals surface area (Å²) < 4.78 is 0. The lowest BCUT2D eigenvalue weighted by Gasteiger charge is -2.28. The topological polar surface area (TPSA) is 171 Å². The monoisotopic (exact) mass is 554 g/mol. The molecule has 0 saturated carbocycles. The van der Waals surface area contributed by atoms with Crippen LogP contribution in [-0.2, 0) is 32.0 Å². The van der Waals surface area contributed by atoms with E-state index in [2.05, 4.69) is 16.0 Å². The summed E-state index contributed by atoms with van der Waals surface area (Å²) >= 11 is 0. The summed E-state index contributed by atoms with van der Waals surface area (Å²) in [5.74, 6) is -3.01. The van der Waals surface area contributed by atoms with E-state index < -0.39 is 47.9 Å². The lowest BCUT2D eigenvalue weighted by Crippen LogP contribution is -2.59. The molecule has 0 aliphatic rings. The molecular formula is C30H42N4O6. The average molecular weight is 555 g/mol. The minimum Gasteiger partial charge on any atom is -0.508 e. The Balaban J connectivity index is 2.13. The molecule has 0 saturated heterocycles. The van der Waals surface area contributed by atoms with Crippen molar-refractivity contribution in [2.24, 2.45) is 17.6 Å². The average Bonchev–Trinajstić information content (AvgIpc) is 2.91. The number of aromatic hydroxyl groups is 1. The van der Waals surface area contributed by atoms with E-state index in [-0.39, 0.29) is 30.4 Å². The first kappa shape index (κ1) is 32.3. The van der Waals surface area contributed by atoms with Gasteiger partial charge in [-0.1, -0.05) is 76.6 Å². The summed E-state index contributed by atoms with van der Waals surface area (Å²) in [6.45, 7) is 7.47. The van der Waals surface area contributed by atoms with E-state index in [0.717, 1.165) is 11.1 Å². The van der Waals surface area contributed by atoms with Gasteiger partial charge in [0.2, 0.25) is 17.7 Å². The van der Waals surface area contributed by atoms with Gasteiger partial charge < -0.3 is 31.9 Å². The van der Waals surface area contributed by atoms with Gasteiger partial charge in [-0.2, -0.15) is 0 Å². The quantitative estimate of drug-likeness (QED) is 0.196. The number of benzene rings is 2. The molecule has 5 unspecified atom stereocenters. The second-order valence-corrected chi connectivity index (χ2v) is 10.6. The van der Waals surface area contributed by atoms with E-state index in [1.165, 1.54) is 12.1 Å². The van der Waals surface area contributed by atoms with Gasteiger partial charge in [-0.3, -0.25) is 14.4 Å². The first-order chi connectivity index (χ1) is 18.9. The fourth-order valence-electron chi connectivity index (χ4n) is 4.23. The molecule has 40 heavy (non-hydrogen) atoms. The lowest BCUT2D eigenvalue weighted by molar-refractivity contribution is -0.142. The summed E-state index contributed by atoms with van der Waals surface area (Å²) in [4.78, 5) is 51.5. The van der Waals surface area contributed by atoms with Gasteiger partial charge in [0.25, 0.3) is 0 Å². The van der Waals surface area contributed by atoms with Crippen molar-refractivity contribution in [3.63, 3.8) is 0 Å². The van der Waals surface area contributed by atoms with E-state index in [1.807, 2.05) is 26.8 Å². The maximum absolute atomic E-state index is 13.4. The van der Waals surface area contributed by atoms with Gasteiger partial charge in [-0.05, 0) is 47.9 Å². The number of carboxylic acids is 1. The second-order valence-electron chi connectivity index (χ2n) is 10.6. The molecule has 3 amide bonds. The van der Waals surface area contributed by atoms with Crippen LogP contribution in [-0.4, -0.2) is 58.1 Å². The maximum Gasteiger partial charge on any atom is 0.326 e. The summed E-state index contributed by atoms with van der Waals surface area (Å²) in [5, 5.41) is 27.2. The zero-order valence-electron chi connectivity index (χ0n) is 23.6. The van der Waals surface area contributed by atoms with E-state index in [9.17, 15) is 29.4 Å². The van der Waals surface area contributed by atoms with Crippen LogP contribution in [0.2, 0.25) is 0 Å². The van der Waals surface area contributed by atoms with Crippen molar-refractivity contribution >= 4 is 23.7 Å². The highest BCUT2D eigenvalue weighted by atomic mass is 16.4. The van der Waals surface area contributed by atoms with Crippen LogP contribution in [0.25, 0.3) is 0 Å². The molecule has 0 aliphatic carbocycles. The molecule has 218 valence electrons. The SMILES string of the molecule is CCC(C)C(NC(=O)C(CC(C)C)NC(=O)C(N)Cc1ccc(O)cc1)C(=O)NC(Cc1ccccc1)C(=O)O. The van der Waals surface area contributed by atoms with Gasteiger partial charge in [0.1, 0.15) is 23.9 Å². The van der Waals surface area contributed by atoms with Crippen molar-refractivity contribution in [3.05, 3.63) is 65.7 Å². The molecule has 0 bridgehead atoms. The molecule has 2 rings (SSSR count). The molecule has 7 N–H and O–H groups in total. The molecule has 2 aromatic rings. The number of hydrogen-bond donors (Lipinski definition) is 6. The number of rotatable bonds is 15. The number of aliphatic carboxylic acids is 1. The van der Waals surface area contributed by atoms with Crippen molar-refractivity contribution < 1.29 is 29.4 Å². The molecule has 0 aliphatic heterocycles. The van der Waals surface area contributed by atoms with Crippen LogP contribution in [0.1, 0.15) is 51.7 Å². The molecule has 0 heterocycles. The molecule has 2 aromatic carbocycles. The van der Waals surface area contributed by atoms with Crippen molar-refractivity contribution in [2.75, 3.05) is 0 Å². The van der Waals surface area contributed by atoms with Crippen LogP contribution in [0.15, 0.2) is 54.6 Å². The predicted octanol–water partition coefficient (Wildman–Crippen LogP) is 2.14. The van der Waals surface area contributed by atoms with Gasteiger partial charge in [0, 0.05) is 6.42 Å². The van der Waals surface area contributed by atoms with Gasteiger partial charge in [0.05, 0.1) is 6.04 Å². The highest BCUT2D eigenvalue weighted by molar-refractivity contribution is 5.94. The zero-order valence-corrected chi connectivity index (χ0v) is 23.6. The van der Waals surface area contributed by atoms with E-state index >= 15 is 0 Å². The molecule has 10 heteroatoms. The molecule has 10 nitrogen and oxygen atoms in total. The summed E-state index contributed by atoms with van der Waals surface area (Å²) in [5.41, 5.74) is 7.61. The van der Waals surface area contributed by atoms with Crippen LogP contribution in [0.3, 0.4) is 0 Å². The Labute approximate surface area is 235 Å². The highest BCUT2D eigenvalue weighted by Crippen LogP contribution is 2.14. The van der Waals surface area contributed by atoms with Crippen molar-refractivity contribution in [2.45, 2.75) is 77.5 Å². The summed E-state index contributed by atoms with van der Waals surface area (Å²) in [7, 11) is 0. The number of nitrogens with one attached hydrogen (secondary N) is 3. The van der Waals surface area contributed by atoms with E-state index in [0.29, 0.717) is 12.8 Å². The number of hydrogen-bond acceptors (Lipinski definition) is 6. The third-order valence-electron chi connectivity index (χ3n) is 6.76. The largest absolute Gasteiger partial charge is 0.508 e. The van der Waals surface area contributed by atoms with Crippen molar-refractivity contribution in [3.8, 4) is 5.75 Å². The van der Waals surface area contributed by atoms with Gasteiger partial charge >= 0.3 is 5.97 Å². The first-order valence-corrected chi connectivity index (χ1v) is 13.6. The second kappa shape index (κ2) is 15.6. The smallest absolute Gasteiger partial charge is 0.326 e. The molecule has 5 atom stereocenters. The third kappa shape index (κ3) is 10.3. The molecule has 0 radical (unpaired) electrons. The number of carboxylic acid groups (broad SMARTS) is 1. The number of amides is 3. The van der Waals surface area contributed by atoms with Gasteiger partial charge in [-0.25, -0.2) is 4.79 Å².